The van der Waals surface area contributed by atoms with Gasteiger partial charge in [0.1, 0.15) is 17.2 Å². The Morgan fingerprint density at radius 2 is 2.07 bits per heavy atom. The van der Waals surface area contributed by atoms with Gasteiger partial charge in [-0.25, -0.2) is 9.78 Å². The van der Waals surface area contributed by atoms with Crippen molar-refractivity contribution in [2.24, 2.45) is 5.92 Å². The molecule has 4 rings (SSSR count). The lowest BCUT2D eigenvalue weighted by Crippen LogP contribution is -2.34. The smallest absolute Gasteiger partial charge is 0.315 e. The van der Waals surface area contributed by atoms with Crippen molar-refractivity contribution >= 4 is 17.4 Å². The zero-order chi connectivity index (χ0) is 20.2. The van der Waals surface area contributed by atoms with E-state index in [1.165, 1.54) is 24.2 Å². The Hall–Kier alpha value is -3.07. The highest BCUT2D eigenvalue weighted by molar-refractivity contribution is 7.16. The lowest BCUT2D eigenvalue weighted by molar-refractivity contribution is 0.237. The van der Waals surface area contributed by atoms with Crippen molar-refractivity contribution in [3.8, 4) is 27.3 Å². The summed E-state index contributed by atoms with van der Waals surface area (Å²) >= 11 is 1.36. The molecule has 8 nitrogen and oxygen atoms in total. The topological polar surface area (TPSA) is 98.5 Å². The first kappa shape index (κ1) is 19.3. The SMILES string of the molecule is CNC(=O)NC(C)c1cc(-c2cnc(Oc3ccc(OCC4CC4)cc3)s2)no1. The maximum Gasteiger partial charge on any atom is 0.315 e. The van der Waals surface area contributed by atoms with E-state index in [9.17, 15) is 4.79 Å². The molecule has 0 bridgehead atoms. The van der Waals surface area contributed by atoms with E-state index in [1.54, 1.807) is 19.3 Å². The van der Waals surface area contributed by atoms with E-state index in [-0.39, 0.29) is 12.1 Å². The summed E-state index contributed by atoms with van der Waals surface area (Å²) in [5.41, 5.74) is 0.640. The van der Waals surface area contributed by atoms with Gasteiger partial charge in [0.2, 0.25) is 0 Å². The number of ether oxygens (including phenoxy) is 2. The molecule has 0 saturated heterocycles. The Morgan fingerprint density at radius 1 is 1.31 bits per heavy atom. The predicted octanol–water partition coefficient (Wildman–Crippen LogP) is 4.37. The first-order chi connectivity index (χ1) is 14.1. The van der Waals surface area contributed by atoms with Crippen LogP contribution in [0.3, 0.4) is 0 Å². The van der Waals surface area contributed by atoms with E-state index in [1.807, 2.05) is 31.2 Å². The number of nitrogens with one attached hydrogen (secondary N) is 2. The molecule has 0 spiro atoms. The van der Waals surface area contributed by atoms with Crippen molar-refractivity contribution in [3.63, 3.8) is 0 Å². The molecule has 2 aromatic heterocycles. The molecular formula is C20H22N4O4S. The Bertz CT molecular complexity index is 965. The average Bonchev–Trinajstić information content (AvgIpc) is 3.22. The normalized spacial score (nSPS) is 14.3. The van der Waals surface area contributed by atoms with Crippen LogP contribution in [-0.2, 0) is 0 Å². The van der Waals surface area contributed by atoms with Gasteiger partial charge in [-0.1, -0.05) is 16.5 Å². The minimum atomic E-state index is -0.305. The van der Waals surface area contributed by atoms with Gasteiger partial charge in [-0.2, -0.15) is 0 Å². The quantitative estimate of drug-likeness (QED) is 0.568. The van der Waals surface area contributed by atoms with Crippen LogP contribution in [0.5, 0.6) is 16.7 Å². The molecule has 1 aliphatic carbocycles. The van der Waals surface area contributed by atoms with Crippen LogP contribution in [0.1, 0.15) is 31.6 Å². The third kappa shape index (κ3) is 5.05. The number of hydrogen-bond acceptors (Lipinski definition) is 7. The average molecular weight is 414 g/mol. The number of rotatable bonds is 8. The van der Waals surface area contributed by atoms with Crippen LogP contribution in [0.15, 0.2) is 41.1 Å². The summed E-state index contributed by atoms with van der Waals surface area (Å²) in [6.45, 7) is 2.60. The van der Waals surface area contributed by atoms with Gasteiger partial charge in [-0.3, -0.25) is 0 Å². The molecule has 3 aromatic rings. The number of urea groups is 1. The summed E-state index contributed by atoms with van der Waals surface area (Å²) in [4.78, 5) is 16.5. The van der Waals surface area contributed by atoms with Gasteiger partial charge >= 0.3 is 6.03 Å². The maximum absolute atomic E-state index is 11.4. The number of carbonyl (C=O) groups excluding carboxylic acids is 1. The lowest BCUT2D eigenvalue weighted by Gasteiger charge is -2.09. The summed E-state index contributed by atoms with van der Waals surface area (Å²) in [6.07, 6.45) is 4.22. The molecule has 1 atom stereocenters. The van der Waals surface area contributed by atoms with Crippen molar-refractivity contribution in [1.29, 1.82) is 0 Å². The monoisotopic (exact) mass is 414 g/mol. The fraction of sp³-hybridized carbons (Fsp3) is 0.350. The number of benzene rings is 1. The van der Waals surface area contributed by atoms with Crippen molar-refractivity contribution in [2.45, 2.75) is 25.8 Å². The van der Waals surface area contributed by atoms with Crippen LogP contribution < -0.4 is 20.1 Å². The fourth-order valence-corrected chi connectivity index (χ4v) is 3.31. The number of aromatic nitrogens is 2. The van der Waals surface area contributed by atoms with Crippen LogP contribution >= 0.6 is 11.3 Å². The molecule has 2 amide bonds. The summed E-state index contributed by atoms with van der Waals surface area (Å²) < 4.78 is 16.9. The highest BCUT2D eigenvalue weighted by atomic mass is 32.1. The number of thiazole rings is 1. The fourth-order valence-electron chi connectivity index (χ4n) is 2.58. The Kier molecular flexibility index (Phi) is 5.66. The van der Waals surface area contributed by atoms with Crippen molar-refractivity contribution in [3.05, 3.63) is 42.3 Å². The van der Waals surface area contributed by atoms with Crippen LogP contribution in [-0.4, -0.2) is 29.8 Å². The van der Waals surface area contributed by atoms with Crippen LogP contribution in [0.4, 0.5) is 4.79 Å². The molecule has 9 heteroatoms. The first-order valence-corrected chi connectivity index (χ1v) is 10.2. The van der Waals surface area contributed by atoms with E-state index in [2.05, 4.69) is 20.8 Å². The lowest BCUT2D eigenvalue weighted by atomic mass is 10.2. The minimum absolute atomic E-state index is 0.284. The number of carbonyl (C=O) groups is 1. The Labute approximate surface area is 172 Å². The number of nitrogens with zero attached hydrogens (tertiary/aromatic N) is 2. The molecule has 1 unspecified atom stereocenters. The predicted molar refractivity (Wildman–Crippen MR) is 108 cm³/mol. The van der Waals surface area contributed by atoms with Crippen molar-refractivity contribution < 1.29 is 18.8 Å². The highest BCUT2D eigenvalue weighted by Gasteiger charge is 2.22. The third-order valence-electron chi connectivity index (χ3n) is 4.48. The molecular weight excluding hydrogens is 392 g/mol. The second kappa shape index (κ2) is 8.52. The molecule has 1 aromatic carbocycles. The summed E-state index contributed by atoms with van der Waals surface area (Å²) in [7, 11) is 1.56. The van der Waals surface area contributed by atoms with Crippen LogP contribution in [0, 0.1) is 5.92 Å². The van der Waals surface area contributed by atoms with Crippen molar-refractivity contribution in [1.82, 2.24) is 20.8 Å². The number of hydrogen-bond donors (Lipinski definition) is 2. The van der Waals surface area contributed by atoms with E-state index >= 15 is 0 Å². The molecule has 0 aliphatic heterocycles. The van der Waals surface area contributed by atoms with E-state index in [0.29, 0.717) is 22.4 Å². The molecule has 2 N–H and O–H groups in total. The van der Waals surface area contributed by atoms with Gasteiger partial charge in [0.25, 0.3) is 5.19 Å². The Balaban J connectivity index is 1.36. The maximum atomic E-state index is 11.4. The molecule has 1 fully saturated rings. The zero-order valence-electron chi connectivity index (χ0n) is 16.2. The first-order valence-electron chi connectivity index (χ1n) is 9.42. The standard InChI is InChI=1S/C20H22N4O4S/c1-12(23-19(25)21-2)17-9-16(24-28-17)18-10-22-20(29-18)27-15-7-5-14(6-8-15)26-11-13-3-4-13/h5-10,12-13H,3-4,11H2,1-2H3,(H2,21,23,25). The van der Waals surface area contributed by atoms with Gasteiger partial charge in [-0.15, -0.1) is 0 Å². The van der Waals surface area contributed by atoms with Gasteiger partial charge in [0.15, 0.2) is 5.76 Å². The summed E-state index contributed by atoms with van der Waals surface area (Å²) in [5, 5.41) is 9.82. The molecule has 152 valence electrons. The third-order valence-corrected chi connectivity index (χ3v) is 5.38. The number of amides is 2. The minimum Gasteiger partial charge on any atom is -0.493 e. The van der Waals surface area contributed by atoms with Crippen LogP contribution in [0.25, 0.3) is 10.6 Å². The van der Waals surface area contributed by atoms with Gasteiger partial charge in [-0.05, 0) is 49.9 Å². The van der Waals surface area contributed by atoms with E-state index < -0.39 is 0 Å². The molecule has 29 heavy (non-hydrogen) atoms. The zero-order valence-corrected chi connectivity index (χ0v) is 17.0. The molecule has 0 radical (unpaired) electrons. The summed E-state index contributed by atoms with van der Waals surface area (Å²) in [6, 6.07) is 8.72. The summed E-state index contributed by atoms with van der Waals surface area (Å²) in [5.74, 6) is 2.81. The van der Waals surface area contributed by atoms with Gasteiger partial charge in [0.05, 0.1) is 23.7 Å². The largest absolute Gasteiger partial charge is 0.493 e. The second-order valence-electron chi connectivity index (χ2n) is 6.88. The van der Waals surface area contributed by atoms with Gasteiger partial charge < -0.3 is 24.6 Å². The van der Waals surface area contributed by atoms with E-state index in [4.69, 9.17) is 14.0 Å². The Morgan fingerprint density at radius 3 is 2.79 bits per heavy atom. The van der Waals surface area contributed by atoms with Crippen molar-refractivity contribution in [2.75, 3.05) is 13.7 Å². The molecule has 1 saturated carbocycles. The van der Waals surface area contributed by atoms with Gasteiger partial charge in [0, 0.05) is 13.1 Å². The second-order valence-corrected chi connectivity index (χ2v) is 7.87. The van der Waals surface area contributed by atoms with Crippen LogP contribution in [0.2, 0.25) is 0 Å². The van der Waals surface area contributed by atoms with E-state index in [0.717, 1.165) is 23.2 Å². The molecule has 1 aliphatic rings. The molecule has 2 heterocycles. The highest BCUT2D eigenvalue weighted by Crippen LogP contribution is 2.34.